The van der Waals surface area contributed by atoms with Crippen LogP contribution in [0, 0.1) is 20.8 Å². The fourth-order valence-corrected chi connectivity index (χ4v) is 3.84. The average Bonchev–Trinajstić information content (AvgIpc) is 2.92. The highest BCUT2D eigenvalue weighted by atomic mass is 32.2. The lowest BCUT2D eigenvalue weighted by Crippen LogP contribution is -2.27. The lowest BCUT2D eigenvalue weighted by atomic mass is 10.1. The van der Waals surface area contributed by atoms with Crippen LogP contribution in [0.2, 0.25) is 0 Å². The van der Waals surface area contributed by atoms with Crippen LogP contribution in [0.15, 0.2) is 21.8 Å². The highest BCUT2D eigenvalue weighted by molar-refractivity contribution is 7.89. The van der Waals surface area contributed by atoms with Gasteiger partial charge in [-0.1, -0.05) is 0 Å². The van der Waals surface area contributed by atoms with Crippen LogP contribution in [0.1, 0.15) is 38.6 Å². The predicted molar refractivity (Wildman–Crippen MR) is 90.5 cm³/mol. The molecule has 9 heteroatoms. The molecule has 0 radical (unpaired) electrons. The normalized spacial score (nSPS) is 13.8. The molecule has 2 aromatic rings. The van der Waals surface area contributed by atoms with Crippen LogP contribution >= 0.6 is 0 Å². The van der Waals surface area contributed by atoms with Crippen LogP contribution in [-0.2, 0) is 23.1 Å². The van der Waals surface area contributed by atoms with E-state index >= 15 is 0 Å². The molecule has 0 unspecified atom stereocenters. The summed E-state index contributed by atoms with van der Waals surface area (Å²) in [6.45, 7) is 5.37. The van der Waals surface area contributed by atoms with Gasteiger partial charge in [0.05, 0.1) is 29.2 Å². The Balaban J connectivity index is 2.00. The number of H-pyrrole nitrogens is 1. The summed E-state index contributed by atoms with van der Waals surface area (Å²) >= 11 is 0. The lowest BCUT2D eigenvalue weighted by molar-refractivity contribution is 0.0750. The topological polar surface area (TPSA) is 126 Å². The zero-order valence-electron chi connectivity index (χ0n) is 14.1. The van der Waals surface area contributed by atoms with Gasteiger partial charge in [0.2, 0.25) is 10.0 Å². The fourth-order valence-electron chi connectivity index (χ4n) is 2.96. The van der Waals surface area contributed by atoms with E-state index in [0.29, 0.717) is 28.2 Å². The van der Waals surface area contributed by atoms with Crippen molar-refractivity contribution in [1.29, 1.82) is 0 Å². The molecule has 0 aliphatic carbocycles. The summed E-state index contributed by atoms with van der Waals surface area (Å²) in [5.41, 5.74) is 2.13. The van der Waals surface area contributed by atoms with Crippen LogP contribution in [-0.4, -0.2) is 29.2 Å². The second-order valence-corrected chi connectivity index (χ2v) is 7.73. The van der Waals surface area contributed by atoms with Crippen molar-refractivity contribution in [3.63, 3.8) is 0 Å². The molecule has 2 heterocycles. The summed E-state index contributed by atoms with van der Waals surface area (Å²) in [7, 11) is -3.94. The zero-order valence-corrected chi connectivity index (χ0v) is 14.9. The Morgan fingerprint density at radius 3 is 2.56 bits per heavy atom. The zero-order chi connectivity index (χ0) is 18.5. The Kier molecular flexibility index (Phi) is 4.00. The standard InChI is InChI=1S/C16H18N4O4S/c1-8-4-11(5-14(9(8)2)25(17,23)24)16(22)20-6-12-13(7-20)18-10(3)19-15(12)21/h4-5H,6-7H2,1-3H3,(H2,17,23,24)(H,18,19,21). The predicted octanol–water partition coefficient (Wildman–Crippen LogP) is 0.499. The van der Waals surface area contributed by atoms with E-state index < -0.39 is 10.0 Å². The van der Waals surface area contributed by atoms with E-state index in [4.69, 9.17) is 5.14 Å². The van der Waals surface area contributed by atoms with E-state index in [9.17, 15) is 18.0 Å². The number of amides is 1. The molecule has 1 aromatic heterocycles. The summed E-state index contributed by atoms with van der Waals surface area (Å²) in [6, 6.07) is 2.91. The molecule has 1 aromatic carbocycles. The van der Waals surface area contributed by atoms with Gasteiger partial charge in [-0.05, 0) is 44.0 Å². The molecule has 1 aliphatic heterocycles. The summed E-state index contributed by atoms with van der Waals surface area (Å²) < 4.78 is 23.5. The van der Waals surface area contributed by atoms with Crippen molar-refractivity contribution in [2.45, 2.75) is 38.8 Å². The van der Waals surface area contributed by atoms with E-state index in [1.165, 1.54) is 11.0 Å². The molecule has 0 fully saturated rings. The molecule has 3 rings (SSSR count). The molecule has 132 valence electrons. The highest BCUT2D eigenvalue weighted by Crippen LogP contribution is 2.24. The summed E-state index contributed by atoms with van der Waals surface area (Å²) in [6.07, 6.45) is 0. The molecule has 0 bridgehead atoms. The maximum absolute atomic E-state index is 12.8. The number of carbonyl (C=O) groups excluding carboxylic acids is 1. The van der Waals surface area contributed by atoms with E-state index in [-0.39, 0.29) is 35.0 Å². The number of fused-ring (bicyclic) bond motifs is 1. The van der Waals surface area contributed by atoms with Gasteiger partial charge < -0.3 is 9.88 Å². The van der Waals surface area contributed by atoms with E-state index in [1.54, 1.807) is 26.8 Å². The minimum absolute atomic E-state index is 0.0700. The lowest BCUT2D eigenvalue weighted by Gasteiger charge is -2.17. The minimum atomic E-state index is -3.94. The van der Waals surface area contributed by atoms with Crippen molar-refractivity contribution in [3.8, 4) is 0 Å². The van der Waals surface area contributed by atoms with Gasteiger partial charge >= 0.3 is 0 Å². The molecule has 1 aliphatic rings. The smallest absolute Gasteiger partial charge is 0.256 e. The summed E-state index contributed by atoms with van der Waals surface area (Å²) in [4.78, 5) is 33.1. The van der Waals surface area contributed by atoms with Gasteiger partial charge in [0.25, 0.3) is 11.5 Å². The van der Waals surface area contributed by atoms with Gasteiger partial charge in [-0.15, -0.1) is 0 Å². The number of primary sulfonamides is 1. The molecular formula is C16H18N4O4S. The first kappa shape index (κ1) is 17.3. The molecule has 1 amide bonds. The van der Waals surface area contributed by atoms with Crippen LogP contribution in [0.4, 0.5) is 0 Å². The van der Waals surface area contributed by atoms with Gasteiger partial charge in [0.1, 0.15) is 5.82 Å². The van der Waals surface area contributed by atoms with Crippen LogP contribution in [0.5, 0.6) is 0 Å². The first-order valence-electron chi connectivity index (χ1n) is 7.60. The maximum atomic E-state index is 12.8. The van der Waals surface area contributed by atoms with Crippen molar-refractivity contribution >= 4 is 15.9 Å². The number of hydrogen-bond acceptors (Lipinski definition) is 5. The van der Waals surface area contributed by atoms with Crippen molar-refractivity contribution in [2.75, 3.05) is 0 Å². The Hall–Kier alpha value is -2.52. The highest BCUT2D eigenvalue weighted by Gasteiger charge is 2.29. The molecule has 0 saturated carbocycles. The van der Waals surface area contributed by atoms with Gasteiger partial charge in [-0.25, -0.2) is 18.5 Å². The number of nitrogens with zero attached hydrogens (tertiary/aromatic N) is 2. The number of hydrogen-bond donors (Lipinski definition) is 2. The number of rotatable bonds is 2. The Bertz CT molecular complexity index is 1060. The molecule has 3 N–H and O–H groups in total. The van der Waals surface area contributed by atoms with Gasteiger partial charge in [0, 0.05) is 5.56 Å². The van der Waals surface area contributed by atoms with Crippen LogP contribution in [0.25, 0.3) is 0 Å². The molecule has 0 spiro atoms. The first-order valence-corrected chi connectivity index (χ1v) is 9.14. The molecule has 0 saturated heterocycles. The number of benzene rings is 1. The van der Waals surface area contributed by atoms with E-state index in [0.717, 1.165) is 0 Å². The Labute approximate surface area is 144 Å². The SMILES string of the molecule is Cc1nc2c(c(=O)[nH]1)CN(C(=O)c1cc(C)c(C)c(S(N)(=O)=O)c1)C2. The number of aromatic amines is 1. The number of aromatic nitrogens is 2. The Morgan fingerprint density at radius 2 is 1.92 bits per heavy atom. The second kappa shape index (κ2) is 5.78. The first-order chi connectivity index (χ1) is 11.6. The molecule has 0 atom stereocenters. The number of carbonyl (C=O) groups is 1. The fraction of sp³-hybridized carbons (Fsp3) is 0.312. The quantitative estimate of drug-likeness (QED) is 0.804. The monoisotopic (exact) mass is 362 g/mol. The summed E-state index contributed by atoms with van der Waals surface area (Å²) in [5.74, 6) is 0.115. The third-order valence-corrected chi connectivity index (χ3v) is 5.41. The van der Waals surface area contributed by atoms with Crippen molar-refractivity contribution in [1.82, 2.24) is 14.9 Å². The molecule has 8 nitrogen and oxygen atoms in total. The van der Waals surface area contributed by atoms with Crippen LogP contribution in [0.3, 0.4) is 0 Å². The van der Waals surface area contributed by atoms with Crippen molar-refractivity contribution in [2.24, 2.45) is 5.14 Å². The van der Waals surface area contributed by atoms with Gasteiger partial charge in [0.15, 0.2) is 0 Å². The summed E-state index contributed by atoms with van der Waals surface area (Å²) in [5, 5.41) is 5.25. The number of nitrogens with one attached hydrogen (secondary N) is 1. The van der Waals surface area contributed by atoms with Gasteiger partial charge in [-0.3, -0.25) is 9.59 Å². The van der Waals surface area contributed by atoms with Crippen molar-refractivity contribution in [3.05, 3.63) is 56.3 Å². The Morgan fingerprint density at radius 1 is 1.24 bits per heavy atom. The van der Waals surface area contributed by atoms with Crippen molar-refractivity contribution < 1.29 is 13.2 Å². The number of aryl methyl sites for hydroxylation is 2. The third kappa shape index (κ3) is 3.08. The molecule has 25 heavy (non-hydrogen) atoms. The number of nitrogens with two attached hydrogens (primary N) is 1. The number of sulfonamides is 1. The van der Waals surface area contributed by atoms with E-state index in [1.807, 2.05) is 0 Å². The third-order valence-electron chi connectivity index (χ3n) is 4.37. The largest absolute Gasteiger partial charge is 0.328 e. The van der Waals surface area contributed by atoms with Gasteiger partial charge in [-0.2, -0.15) is 0 Å². The van der Waals surface area contributed by atoms with E-state index in [2.05, 4.69) is 9.97 Å². The maximum Gasteiger partial charge on any atom is 0.256 e. The molecular weight excluding hydrogens is 344 g/mol. The minimum Gasteiger partial charge on any atom is -0.328 e. The second-order valence-electron chi connectivity index (χ2n) is 6.20. The van der Waals surface area contributed by atoms with Crippen LogP contribution < -0.4 is 10.7 Å². The average molecular weight is 362 g/mol.